The lowest BCUT2D eigenvalue weighted by molar-refractivity contribution is 0.102. The summed E-state index contributed by atoms with van der Waals surface area (Å²) in [4.78, 5) is 12.3. The van der Waals surface area contributed by atoms with Gasteiger partial charge in [0.15, 0.2) is 0 Å². The van der Waals surface area contributed by atoms with E-state index < -0.39 is 0 Å². The van der Waals surface area contributed by atoms with E-state index in [4.69, 9.17) is 21.1 Å². The summed E-state index contributed by atoms with van der Waals surface area (Å²) in [6, 6.07) is 12.0. The molecule has 4 nitrogen and oxygen atoms in total. The average Bonchev–Trinajstić information content (AvgIpc) is 2.48. The van der Waals surface area contributed by atoms with Gasteiger partial charge in [-0.2, -0.15) is 0 Å². The van der Waals surface area contributed by atoms with Crippen LogP contribution in [0.4, 0.5) is 5.69 Å². The lowest BCUT2D eigenvalue weighted by Gasteiger charge is -2.11. The van der Waals surface area contributed by atoms with Crippen LogP contribution in [0.5, 0.6) is 11.5 Å². The molecular weight excluding hydrogens is 290 g/mol. The molecule has 0 aliphatic heterocycles. The number of carbonyl (C=O) groups is 1. The zero-order valence-corrected chi connectivity index (χ0v) is 12.6. The van der Waals surface area contributed by atoms with Gasteiger partial charge in [-0.05, 0) is 49.4 Å². The summed E-state index contributed by atoms with van der Waals surface area (Å²) in [5.74, 6) is 0.950. The largest absolute Gasteiger partial charge is 0.497 e. The molecular formula is C16H16ClNO3. The predicted molar refractivity (Wildman–Crippen MR) is 83.6 cm³/mol. The number of carbonyl (C=O) groups excluding carboxylic acids is 1. The molecule has 0 aliphatic rings. The quantitative estimate of drug-likeness (QED) is 0.908. The molecule has 0 fully saturated rings. The average molecular weight is 306 g/mol. The van der Waals surface area contributed by atoms with E-state index >= 15 is 0 Å². The summed E-state index contributed by atoms with van der Waals surface area (Å²) < 4.78 is 10.5. The Morgan fingerprint density at radius 1 is 1.19 bits per heavy atom. The van der Waals surface area contributed by atoms with E-state index in [0.29, 0.717) is 28.6 Å². The third kappa shape index (κ3) is 3.89. The lowest BCUT2D eigenvalue weighted by Crippen LogP contribution is -2.13. The van der Waals surface area contributed by atoms with Crippen LogP contribution in [-0.2, 0) is 0 Å². The Morgan fingerprint density at radius 2 is 1.90 bits per heavy atom. The van der Waals surface area contributed by atoms with E-state index in [1.165, 1.54) is 0 Å². The minimum atomic E-state index is -0.250. The molecule has 2 rings (SSSR count). The number of rotatable bonds is 5. The van der Waals surface area contributed by atoms with Crippen molar-refractivity contribution < 1.29 is 14.3 Å². The van der Waals surface area contributed by atoms with Gasteiger partial charge in [-0.25, -0.2) is 0 Å². The van der Waals surface area contributed by atoms with E-state index in [0.717, 1.165) is 5.75 Å². The van der Waals surface area contributed by atoms with Gasteiger partial charge >= 0.3 is 0 Å². The van der Waals surface area contributed by atoms with Gasteiger partial charge in [0.25, 0.3) is 5.91 Å². The summed E-state index contributed by atoms with van der Waals surface area (Å²) in [5, 5.41) is 3.34. The number of anilines is 1. The van der Waals surface area contributed by atoms with E-state index in [9.17, 15) is 4.79 Å². The van der Waals surface area contributed by atoms with Gasteiger partial charge in [0, 0.05) is 10.7 Å². The van der Waals surface area contributed by atoms with Crippen molar-refractivity contribution in [1.29, 1.82) is 0 Å². The maximum absolute atomic E-state index is 12.3. The monoisotopic (exact) mass is 305 g/mol. The number of hydrogen-bond acceptors (Lipinski definition) is 3. The molecule has 0 saturated carbocycles. The first-order valence-electron chi connectivity index (χ1n) is 6.51. The fourth-order valence-corrected chi connectivity index (χ4v) is 1.99. The van der Waals surface area contributed by atoms with E-state index in [-0.39, 0.29) is 5.91 Å². The van der Waals surface area contributed by atoms with E-state index in [2.05, 4.69) is 5.32 Å². The molecule has 0 spiro atoms. The van der Waals surface area contributed by atoms with E-state index in [1.807, 2.05) is 6.92 Å². The molecule has 0 aliphatic carbocycles. The van der Waals surface area contributed by atoms with Crippen molar-refractivity contribution >= 4 is 23.2 Å². The first-order chi connectivity index (χ1) is 10.1. The molecule has 110 valence electrons. The van der Waals surface area contributed by atoms with Gasteiger partial charge in [0.2, 0.25) is 0 Å². The SMILES string of the molecule is CCOc1cc(Cl)ccc1C(=O)Nc1ccc(OC)cc1. The van der Waals surface area contributed by atoms with Crippen molar-refractivity contribution in [2.45, 2.75) is 6.92 Å². The molecule has 0 saturated heterocycles. The van der Waals surface area contributed by atoms with Crippen molar-refractivity contribution in [3.8, 4) is 11.5 Å². The topological polar surface area (TPSA) is 47.6 Å². The molecule has 1 amide bonds. The van der Waals surface area contributed by atoms with E-state index in [1.54, 1.807) is 49.6 Å². The van der Waals surface area contributed by atoms with Gasteiger partial charge in [-0.15, -0.1) is 0 Å². The highest BCUT2D eigenvalue weighted by atomic mass is 35.5. The number of nitrogens with one attached hydrogen (secondary N) is 1. The minimum absolute atomic E-state index is 0.250. The number of amides is 1. The highest BCUT2D eigenvalue weighted by molar-refractivity contribution is 6.31. The maximum atomic E-state index is 12.3. The summed E-state index contributed by atoms with van der Waals surface area (Å²) >= 11 is 5.93. The van der Waals surface area contributed by atoms with Crippen LogP contribution in [-0.4, -0.2) is 19.6 Å². The minimum Gasteiger partial charge on any atom is -0.497 e. The molecule has 0 unspecified atom stereocenters. The summed E-state index contributed by atoms with van der Waals surface area (Å²) in [7, 11) is 1.59. The first-order valence-corrected chi connectivity index (χ1v) is 6.89. The molecule has 2 aromatic rings. The predicted octanol–water partition coefficient (Wildman–Crippen LogP) is 4.00. The van der Waals surface area contributed by atoms with Crippen molar-refractivity contribution in [3.63, 3.8) is 0 Å². The molecule has 0 heterocycles. The van der Waals surface area contributed by atoms with Gasteiger partial charge in [-0.1, -0.05) is 11.6 Å². The van der Waals surface area contributed by atoms with Crippen molar-refractivity contribution in [3.05, 3.63) is 53.1 Å². The third-order valence-electron chi connectivity index (χ3n) is 2.84. The highest BCUT2D eigenvalue weighted by Gasteiger charge is 2.13. The molecule has 5 heteroatoms. The summed E-state index contributed by atoms with van der Waals surface area (Å²) in [6.45, 7) is 2.31. The Balaban J connectivity index is 2.19. The Labute approximate surface area is 128 Å². The van der Waals surface area contributed by atoms with Crippen LogP contribution in [0, 0.1) is 0 Å². The van der Waals surface area contributed by atoms with Crippen molar-refractivity contribution in [1.82, 2.24) is 0 Å². The molecule has 0 bridgehead atoms. The molecule has 21 heavy (non-hydrogen) atoms. The van der Waals surface area contributed by atoms with Crippen LogP contribution in [0.3, 0.4) is 0 Å². The van der Waals surface area contributed by atoms with Crippen molar-refractivity contribution in [2.75, 3.05) is 19.0 Å². The maximum Gasteiger partial charge on any atom is 0.259 e. The van der Waals surface area contributed by atoms with Gasteiger partial charge in [0.1, 0.15) is 11.5 Å². The van der Waals surface area contributed by atoms with Crippen LogP contribution >= 0.6 is 11.6 Å². The summed E-state index contributed by atoms with van der Waals surface area (Å²) in [5.41, 5.74) is 1.12. The van der Waals surface area contributed by atoms with Crippen molar-refractivity contribution in [2.24, 2.45) is 0 Å². The number of benzene rings is 2. The fourth-order valence-electron chi connectivity index (χ4n) is 1.83. The number of hydrogen-bond donors (Lipinski definition) is 1. The second-order valence-corrected chi connectivity index (χ2v) is 4.69. The van der Waals surface area contributed by atoms with Crippen LogP contribution in [0.15, 0.2) is 42.5 Å². The second-order valence-electron chi connectivity index (χ2n) is 4.26. The third-order valence-corrected chi connectivity index (χ3v) is 3.07. The zero-order chi connectivity index (χ0) is 15.2. The number of halogens is 1. The number of methoxy groups -OCH3 is 1. The van der Waals surface area contributed by atoms with Gasteiger partial charge in [-0.3, -0.25) is 4.79 Å². The van der Waals surface area contributed by atoms with Crippen LogP contribution in [0.1, 0.15) is 17.3 Å². The fraction of sp³-hybridized carbons (Fsp3) is 0.188. The Morgan fingerprint density at radius 3 is 2.52 bits per heavy atom. The Hall–Kier alpha value is -2.20. The van der Waals surface area contributed by atoms with Gasteiger partial charge < -0.3 is 14.8 Å². The number of ether oxygens (including phenoxy) is 2. The van der Waals surface area contributed by atoms with Gasteiger partial charge in [0.05, 0.1) is 19.3 Å². The van der Waals surface area contributed by atoms with Crippen LogP contribution in [0.2, 0.25) is 5.02 Å². The second kappa shape index (κ2) is 6.99. The molecule has 0 radical (unpaired) electrons. The van der Waals surface area contributed by atoms with Crippen LogP contribution < -0.4 is 14.8 Å². The summed E-state index contributed by atoms with van der Waals surface area (Å²) in [6.07, 6.45) is 0. The smallest absolute Gasteiger partial charge is 0.259 e. The lowest BCUT2D eigenvalue weighted by atomic mass is 10.2. The Bertz CT molecular complexity index is 626. The standard InChI is InChI=1S/C16H16ClNO3/c1-3-21-15-10-11(17)4-9-14(15)16(19)18-12-5-7-13(20-2)8-6-12/h4-10H,3H2,1-2H3,(H,18,19). The normalized spacial score (nSPS) is 10.0. The Kier molecular flexibility index (Phi) is 5.06. The first kappa shape index (κ1) is 15.2. The molecule has 0 aromatic heterocycles. The zero-order valence-electron chi connectivity index (χ0n) is 11.9. The molecule has 2 aromatic carbocycles. The molecule has 1 N–H and O–H groups in total. The van der Waals surface area contributed by atoms with Crippen LogP contribution in [0.25, 0.3) is 0 Å². The molecule has 0 atom stereocenters. The highest BCUT2D eigenvalue weighted by Crippen LogP contribution is 2.25.